The van der Waals surface area contributed by atoms with E-state index in [9.17, 15) is 4.79 Å². The third kappa shape index (κ3) is 2.13. The van der Waals surface area contributed by atoms with Gasteiger partial charge in [0.05, 0.1) is 5.69 Å². The van der Waals surface area contributed by atoms with E-state index in [-0.39, 0.29) is 5.78 Å². The minimum absolute atomic E-state index is 0.0330. The Morgan fingerprint density at radius 3 is 2.41 bits per heavy atom. The molecule has 3 heteroatoms. The number of aromatic nitrogens is 2. The predicted octanol–water partition coefficient (Wildman–Crippen LogP) is 2.58. The molecule has 17 heavy (non-hydrogen) atoms. The van der Waals surface area contributed by atoms with E-state index in [1.807, 2.05) is 45.0 Å². The zero-order chi connectivity index (χ0) is 12.6. The maximum Gasteiger partial charge on any atom is 0.211 e. The molecule has 1 aromatic carbocycles. The van der Waals surface area contributed by atoms with E-state index in [2.05, 4.69) is 5.10 Å². The number of benzene rings is 1. The molecule has 1 heterocycles. The van der Waals surface area contributed by atoms with E-state index in [0.29, 0.717) is 5.69 Å². The Bertz CT molecular complexity index is 582. The predicted molar refractivity (Wildman–Crippen MR) is 67.3 cm³/mol. The second-order valence-corrected chi connectivity index (χ2v) is 4.44. The molecule has 0 fully saturated rings. The Morgan fingerprint density at radius 1 is 1.18 bits per heavy atom. The molecular weight excluding hydrogens is 212 g/mol. The van der Waals surface area contributed by atoms with Gasteiger partial charge in [-0.1, -0.05) is 23.8 Å². The van der Waals surface area contributed by atoms with Crippen LogP contribution < -0.4 is 0 Å². The van der Waals surface area contributed by atoms with Gasteiger partial charge in [0.15, 0.2) is 0 Å². The van der Waals surface area contributed by atoms with Crippen LogP contribution in [0.5, 0.6) is 0 Å². The summed E-state index contributed by atoms with van der Waals surface area (Å²) in [7, 11) is 1.80. The molecule has 0 aliphatic rings. The fourth-order valence-electron chi connectivity index (χ4n) is 2.03. The lowest BCUT2D eigenvalue weighted by molar-refractivity contribution is 0.102. The quantitative estimate of drug-likeness (QED) is 0.740. The van der Waals surface area contributed by atoms with Crippen molar-refractivity contribution in [2.45, 2.75) is 20.8 Å². The number of hydrogen-bond acceptors (Lipinski definition) is 2. The minimum Gasteiger partial charge on any atom is -0.287 e. The summed E-state index contributed by atoms with van der Waals surface area (Å²) in [5.41, 5.74) is 4.42. The number of aryl methyl sites for hydroxylation is 4. The van der Waals surface area contributed by atoms with Gasteiger partial charge in [-0.2, -0.15) is 5.10 Å². The SMILES string of the molecule is Cc1ccc(C(=O)c2cc(C)nn2C)c(C)c1. The third-order valence-corrected chi connectivity index (χ3v) is 2.86. The van der Waals surface area contributed by atoms with Gasteiger partial charge in [-0.3, -0.25) is 9.48 Å². The molecule has 0 saturated heterocycles. The van der Waals surface area contributed by atoms with Gasteiger partial charge in [0, 0.05) is 12.6 Å². The van der Waals surface area contributed by atoms with Crippen LogP contribution in [0.25, 0.3) is 0 Å². The summed E-state index contributed by atoms with van der Waals surface area (Å²) in [6.45, 7) is 5.87. The molecular formula is C14H16N2O. The topological polar surface area (TPSA) is 34.9 Å². The molecule has 0 saturated carbocycles. The second kappa shape index (κ2) is 4.17. The van der Waals surface area contributed by atoms with Gasteiger partial charge in [0.1, 0.15) is 5.69 Å². The van der Waals surface area contributed by atoms with Crippen LogP contribution in [-0.4, -0.2) is 15.6 Å². The Morgan fingerprint density at radius 2 is 1.88 bits per heavy atom. The summed E-state index contributed by atoms with van der Waals surface area (Å²) in [6.07, 6.45) is 0. The number of nitrogens with zero attached hydrogens (tertiary/aromatic N) is 2. The molecule has 0 spiro atoms. The molecule has 0 aliphatic carbocycles. The molecule has 0 aliphatic heterocycles. The molecule has 0 atom stereocenters. The molecule has 0 amide bonds. The van der Waals surface area contributed by atoms with Crippen molar-refractivity contribution < 1.29 is 4.79 Å². The van der Waals surface area contributed by atoms with Crippen molar-refractivity contribution in [1.29, 1.82) is 0 Å². The first kappa shape index (κ1) is 11.6. The number of ketones is 1. The molecule has 1 aromatic heterocycles. The fraction of sp³-hybridized carbons (Fsp3) is 0.286. The average Bonchev–Trinajstić information content (AvgIpc) is 2.57. The smallest absolute Gasteiger partial charge is 0.211 e. The van der Waals surface area contributed by atoms with Crippen molar-refractivity contribution in [3.8, 4) is 0 Å². The monoisotopic (exact) mass is 228 g/mol. The van der Waals surface area contributed by atoms with Crippen LogP contribution in [0.1, 0.15) is 32.9 Å². The van der Waals surface area contributed by atoms with E-state index >= 15 is 0 Å². The van der Waals surface area contributed by atoms with Crippen LogP contribution in [-0.2, 0) is 7.05 Å². The van der Waals surface area contributed by atoms with Crippen LogP contribution in [0.15, 0.2) is 24.3 Å². The average molecular weight is 228 g/mol. The lowest BCUT2D eigenvalue weighted by atomic mass is 10.0. The normalized spacial score (nSPS) is 10.6. The summed E-state index contributed by atoms with van der Waals surface area (Å²) in [5.74, 6) is 0.0330. The van der Waals surface area contributed by atoms with E-state index in [4.69, 9.17) is 0 Å². The molecule has 88 valence electrons. The first-order valence-electron chi connectivity index (χ1n) is 5.61. The molecule has 2 rings (SSSR count). The second-order valence-electron chi connectivity index (χ2n) is 4.44. The molecule has 0 radical (unpaired) electrons. The van der Waals surface area contributed by atoms with Crippen molar-refractivity contribution in [2.24, 2.45) is 7.05 Å². The van der Waals surface area contributed by atoms with Crippen molar-refractivity contribution >= 4 is 5.78 Å². The Balaban J connectivity index is 2.47. The van der Waals surface area contributed by atoms with Crippen LogP contribution >= 0.6 is 0 Å². The van der Waals surface area contributed by atoms with E-state index in [0.717, 1.165) is 16.8 Å². The van der Waals surface area contributed by atoms with Crippen molar-refractivity contribution in [1.82, 2.24) is 9.78 Å². The highest BCUT2D eigenvalue weighted by Gasteiger charge is 2.15. The van der Waals surface area contributed by atoms with Crippen LogP contribution in [0.3, 0.4) is 0 Å². The largest absolute Gasteiger partial charge is 0.287 e. The standard InChI is InChI=1S/C14H16N2O/c1-9-5-6-12(10(2)7-9)14(17)13-8-11(3)15-16(13)4/h5-8H,1-4H3. The van der Waals surface area contributed by atoms with E-state index in [1.54, 1.807) is 11.7 Å². The van der Waals surface area contributed by atoms with E-state index < -0.39 is 0 Å². The lowest BCUT2D eigenvalue weighted by Gasteiger charge is -2.06. The van der Waals surface area contributed by atoms with Gasteiger partial charge in [-0.05, 0) is 32.4 Å². The van der Waals surface area contributed by atoms with Crippen molar-refractivity contribution in [3.63, 3.8) is 0 Å². The summed E-state index contributed by atoms with van der Waals surface area (Å²) in [4.78, 5) is 12.4. The Kier molecular flexibility index (Phi) is 2.84. The first-order chi connectivity index (χ1) is 7.99. The number of carbonyl (C=O) groups is 1. The zero-order valence-corrected chi connectivity index (χ0v) is 10.6. The Labute approximate surface area is 101 Å². The van der Waals surface area contributed by atoms with Gasteiger partial charge >= 0.3 is 0 Å². The van der Waals surface area contributed by atoms with Crippen molar-refractivity contribution in [2.75, 3.05) is 0 Å². The maximum atomic E-state index is 12.4. The Hall–Kier alpha value is -1.90. The zero-order valence-electron chi connectivity index (χ0n) is 10.6. The molecule has 3 nitrogen and oxygen atoms in total. The molecule has 0 unspecified atom stereocenters. The first-order valence-corrected chi connectivity index (χ1v) is 5.61. The number of rotatable bonds is 2. The van der Waals surface area contributed by atoms with Crippen LogP contribution in [0, 0.1) is 20.8 Å². The van der Waals surface area contributed by atoms with Gasteiger partial charge in [-0.15, -0.1) is 0 Å². The third-order valence-electron chi connectivity index (χ3n) is 2.86. The summed E-state index contributed by atoms with van der Waals surface area (Å²) in [5, 5.41) is 4.20. The summed E-state index contributed by atoms with van der Waals surface area (Å²) >= 11 is 0. The van der Waals surface area contributed by atoms with Crippen molar-refractivity contribution in [3.05, 3.63) is 52.3 Å². The highest BCUT2D eigenvalue weighted by molar-refractivity contribution is 6.08. The highest BCUT2D eigenvalue weighted by atomic mass is 16.1. The highest BCUT2D eigenvalue weighted by Crippen LogP contribution is 2.16. The lowest BCUT2D eigenvalue weighted by Crippen LogP contribution is -2.09. The number of hydrogen-bond donors (Lipinski definition) is 0. The van der Waals surface area contributed by atoms with Crippen LogP contribution in [0.2, 0.25) is 0 Å². The minimum atomic E-state index is 0.0330. The van der Waals surface area contributed by atoms with Gasteiger partial charge in [0.25, 0.3) is 0 Å². The maximum absolute atomic E-state index is 12.4. The van der Waals surface area contributed by atoms with Gasteiger partial charge < -0.3 is 0 Å². The fourth-order valence-corrected chi connectivity index (χ4v) is 2.03. The van der Waals surface area contributed by atoms with Crippen LogP contribution in [0.4, 0.5) is 0 Å². The van der Waals surface area contributed by atoms with Gasteiger partial charge in [-0.25, -0.2) is 0 Å². The summed E-state index contributed by atoms with van der Waals surface area (Å²) in [6, 6.07) is 7.69. The summed E-state index contributed by atoms with van der Waals surface area (Å²) < 4.78 is 1.64. The molecule has 2 aromatic rings. The van der Waals surface area contributed by atoms with Gasteiger partial charge in [0.2, 0.25) is 5.78 Å². The molecule has 0 N–H and O–H groups in total. The molecule has 0 bridgehead atoms. The number of carbonyl (C=O) groups excluding carboxylic acids is 1. The van der Waals surface area contributed by atoms with E-state index in [1.165, 1.54) is 5.56 Å².